The summed E-state index contributed by atoms with van der Waals surface area (Å²) >= 11 is 0. The van der Waals surface area contributed by atoms with Crippen LogP contribution in [0.1, 0.15) is 77.7 Å². The van der Waals surface area contributed by atoms with E-state index in [1.165, 1.54) is 38.0 Å². The summed E-state index contributed by atoms with van der Waals surface area (Å²) in [6, 6.07) is 4.85. The fraction of sp³-hybridized carbons (Fsp3) is 0.611. The molecule has 0 saturated heterocycles. The number of nitrogens with zero attached hydrogens (tertiary/aromatic N) is 1. The molecule has 248 valence electrons. The van der Waals surface area contributed by atoms with Crippen molar-refractivity contribution in [3.8, 4) is 23.3 Å². The maximum absolute atomic E-state index is 12.6. The van der Waals surface area contributed by atoms with Crippen LogP contribution < -0.4 is 20.1 Å². The summed E-state index contributed by atoms with van der Waals surface area (Å²) in [5.41, 5.74) is 1.94. The molecule has 3 saturated carbocycles. The first-order valence-electron chi connectivity index (χ1n) is 16.4. The van der Waals surface area contributed by atoms with E-state index in [4.69, 9.17) is 14.2 Å². The monoisotopic (exact) mass is 633 g/mol. The van der Waals surface area contributed by atoms with E-state index in [1.54, 1.807) is 6.92 Å². The number of fused-ring (bicyclic) bond motifs is 5. The van der Waals surface area contributed by atoms with Gasteiger partial charge >= 0.3 is 6.09 Å². The van der Waals surface area contributed by atoms with E-state index < -0.39 is 12.0 Å². The second-order valence-corrected chi connectivity index (χ2v) is 13.9. The van der Waals surface area contributed by atoms with Gasteiger partial charge in [0.1, 0.15) is 23.5 Å². The summed E-state index contributed by atoms with van der Waals surface area (Å²) in [4.78, 5) is 37.7. The van der Waals surface area contributed by atoms with Crippen molar-refractivity contribution in [3.63, 3.8) is 0 Å². The summed E-state index contributed by atoms with van der Waals surface area (Å²) in [7, 11) is 2.77. The van der Waals surface area contributed by atoms with Crippen LogP contribution >= 0.6 is 0 Å². The maximum atomic E-state index is 12.6. The molecule has 7 atom stereocenters. The number of ketones is 1. The lowest BCUT2D eigenvalue weighted by Crippen LogP contribution is -2.51. The Balaban J connectivity index is 1.10. The number of phenolic OH excluding ortho intramolecular Hbond substituents is 1. The Labute approximate surface area is 271 Å². The number of ether oxygens (including phenoxy) is 3. The lowest BCUT2D eigenvalue weighted by Gasteiger charge is -2.58. The normalized spacial score (nSPS) is 31.6. The fourth-order valence-corrected chi connectivity index (χ4v) is 9.34. The first-order chi connectivity index (χ1) is 21.9. The smallest absolute Gasteiger partial charge is 0.407 e. The number of phenols is 1. The molecule has 0 aromatic heterocycles. The molecule has 4 aliphatic rings. The average molecular weight is 634 g/mol. The molecule has 0 spiro atoms. The molecular weight excluding hydrogens is 586 g/mol. The van der Waals surface area contributed by atoms with Crippen molar-refractivity contribution in [1.29, 1.82) is 5.26 Å². The number of Topliss-reactive ketones (excluding diaryl/α,β-unsaturated/α-hetero) is 1. The van der Waals surface area contributed by atoms with Crippen LogP contribution in [0.3, 0.4) is 0 Å². The van der Waals surface area contributed by atoms with Gasteiger partial charge in [-0.1, -0.05) is 25.5 Å². The van der Waals surface area contributed by atoms with Crippen LogP contribution in [-0.4, -0.2) is 56.3 Å². The number of hydrogen-bond donors (Lipinski definition) is 3. The fourth-order valence-electron chi connectivity index (χ4n) is 9.34. The predicted octanol–water partition coefficient (Wildman–Crippen LogP) is 5.70. The molecular formula is C36H47N3O7. The van der Waals surface area contributed by atoms with Gasteiger partial charge in [0.25, 0.3) is 5.91 Å². The minimum atomic E-state index is -0.602. The lowest BCUT2D eigenvalue weighted by atomic mass is 9.47. The van der Waals surface area contributed by atoms with Gasteiger partial charge in [0, 0.05) is 25.4 Å². The Morgan fingerprint density at radius 3 is 2.37 bits per heavy atom. The highest BCUT2D eigenvalue weighted by molar-refractivity contribution is 6.01. The van der Waals surface area contributed by atoms with Crippen molar-refractivity contribution >= 4 is 23.9 Å². The molecule has 0 unspecified atom stereocenters. The number of aromatic hydroxyl groups is 1. The highest BCUT2D eigenvalue weighted by Gasteiger charge is 2.59. The number of amides is 2. The van der Waals surface area contributed by atoms with Gasteiger partial charge in [0.15, 0.2) is 11.5 Å². The molecule has 3 N–H and O–H groups in total. The van der Waals surface area contributed by atoms with Crippen LogP contribution in [0.4, 0.5) is 4.79 Å². The van der Waals surface area contributed by atoms with Crippen LogP contribution in [0, 0.1) is 45.8 Å². The Morgan fingerprint density at radius 1 is 1.02 bits per heavy atom. The standard InChI is InChI=1S/C36H47N3O7/c1-21(40)27-8-9-28-26-7-6-24-19-25(10-12-35(24,2)29(26)11-13-36(27,28)3)46-34(43)39-15-14-38-33(42)23(20-37)16-22-17-30(44-4)32(41)31(18-22)45-5/h6,16-18,25-29,41H,7-15,19H2,1-5H3,(H,38,42)(H,39,43)/b23-16+/t25-,26-,27+,28-,29-,35-,36+/m0/s1. The van der Waals surface area contributed by atoms with Crippen molar-refractivity contribution in [3.05, 3.63) is 34.9 Å². The Bertz CT molecular complexity index is 1450. The summed E-state index contributed by atoms with van der Waals surface area (Å²) in [5, 5.41) is 25.0. The van der Waals surface area contributed by atoms with Crippen LogP contribution in [0.5, 0.6) is 17.2 Å². The van der Waals surface area contributed by atoms with Crippen molar-refractivity contribution in [1.82, 2.24) is 10.6 Å². The minimum Gasteiger partial charge on any atom is -0.502 e. The number of nitrogens with one attached hydrogen (secondary N) is 2. The van der Waals surface area contributed by atoms with Crippen LogP contribution in [0.2, 0.25) is 0 Å². The van der Waals surface area contributed by atoms with Gasteiger partial charge in [-0.25, -0.2) is 4.79 Å². The van der Waals surface area contributed by atoms with Gasteiger partial charge in [0.2, 0.25) is 5.75 Å². The van der Waals surface area contributed by atoms with Crippen LogP contribution in [0.25, 0.3) is 6.08 Å². The van der Waals surface area contributed by atoms with Gasteiger partial charge in [-0.15, -0.1) is 0 Å². The number of methoxy groups -OCH3 is 2. The number of carbonyl (C=O) groups excluding carboxylic acids is 3. The average Bonchev–Trinajstić information content (AvgIpc) is 3.40. The number of hydrogen-bond acceptors (Lipinski definition) is 8. The number of rotatable bonds is 9. The molecule has 1 aromatic carbocycles. The molecule has 0 bridgehead atoms. The lowest BCUT2D eigenvalue weighted by molar-refractivity contribution is -0.127. The third-order valence-corrected chi connectivity index (χ3v) is 11.7. The highest BCUT2D eigenvalue weighted by Crippen LogP contribution is 2.66. The Kier molecular flexibility index (Phi) is 9.71. The number of nitriles is 1. The van der Waals surface area contributed by atoms with Gasteiger partial charge in [0.05, 0.1) is 14.2 Å². The zero-order valence-electron chi connectivity index (χ0n) is 27.6. The van der Waals surface area contributed by atoms with Crippen LogP contribution in [0.15, 0.2) is 29.4 Å². The van der Waals surface area contributed by atoms with E-state index >= 15 is 0 Å². The van der Waals surface area contributed by atoms with E-state index in [9.17, 15) is 24.8 Å². The van der Waals surface area contributed by atoms with Gasteiger partial charge in [-0.2, -0.15) is 5.26 Å². The van der Waals surface area contributed by atoms with Crippen molar-refractivity contribution < 1.29 is 33.7 Å². The molecule has 2 amide bonds. The van der Waals surface area contributed by atoms with E-state index in [2.05, 4.69) is 30.6 Å². The molecule has 5 rings (SSSR count). The summed E-state index contributed by atoms with van der Waals surface area (Å²) in [6.07, 6.45) is 11.1. The molecule has 10 heteroatoms. The largest absolute Gasteiger partial charge is 0.502 e. The van der Waals surface area contributed by atoms with Crippen molar-refractivity contribution in [2.45, 2.75) is 78.2 Å². The molecule has 1 aromatic rings. The molecule has 46 heavy (non-hydrogen) atoms. The van der Waals surface area contributed by atoms with E-state index in [1.807, 2.05) is 6.07 Å². The maximum Gasteiger partial charge on any atom is 0.407 e. The topological polar surface area (TPSA) is 147 Å². The predicted molar refractivity (Wildman–Crippen MR) is 172 cm³/mol. The third kappa shape index (κ3) is 6.21. The summed E-state index contributed by atoms with van der Waals surface area (Å²) in [6.45, 7) is 6.80. The first kappa shape index (κ1) is 33.4. The number of allylic oxidation sites excluding steroid dienone is 1. The zero-order valence-corrected chi connectivity index (χ0v) is 27.6. The number of alkyl carbamates (subject to hydrolysis) is 1. The Morgan fingerprint density at radius 2 is 1.72 bits per heavy atom. The zero-order chi connectivity index (χ0) is 33.2. The van der Waals surface area contributed by atoms with Crippen molar-refractivity contribution in [2.24, 2.45) is 34.5 Å². The quantitative estimate of drug-likeness (QED) is 0.136. The van der Waals surface area contributed by atoms with E-state index in [0.717, 1.165) is 51.4 Å². The minimum absolute atomic E-state index is 0.108. The van der Waals surface area contributed by atoms with Gasteiger partial charge < -0.3 is 30.0 Å². The third-order valence-electron chi connectivity index (χ3n) is 11.7. The second-order valence-electron chi connectivity index (χ2n) is 13.9. The summed E-state index contributed by atoms with van der Waals surface area (Å²) < 4.78 is 16.1. The highest BCUT2D eigenvalue weighted by atomic mass is 16.6. The summed E-state index contributed by atoms with van der Waals surface area (Å²) in [5.74, 6) is 1.91. The molecule has 4 aliphatic carbocycles. The van der Waals surface area contributed by atoms with E-state index in [-0.39, 0.29) is 58.8 Å². The Hall–Kier alpha value is -4.00. The number of carbonyl (C=O) groups is 3. The van der Waals surface area contributed by atoms with Crippen LogP contribution in [-0.2, 0) is 14.3 Å². The van der Waals surface area contributed by atoms with Crippen molar-refractivity contribution in [2.75, 3.05) is 27.3 Å². The second kappa shape index (κ2) is 13.4. The van der Waals surface area contributed by atoms with Gasteiger partial charge in [-0.05, 0) is 104 Å². The molecule has 0 radical (unpaired) electrons. The molecule has 0 heterocycles. The van der Waals surface area contributed by atoms with E-state index in [0.29, 0.717) is 29.1 Å². The molecule has 10 nitrogen and oxygen atoms in total. The first-order valence-corrected chi connectivity index (χ1v) is 16.4. The van der Waals surface area contributed by atoms with Gasteiger partial charge in [-0.3, -0.25) is 9.59 Å². The SMILES string of the molecule is COc1cc(/C=C(\C#N)C(=O)NCCNC(=O)O[C@H]2CC[C@@]3(C)C(=CC[C@H]4[C@@H]5CC[C@H](C(C)=O)[C@@]5(C)CC[C@@H]43)C2)cc(OC)c1O. The molecule has 0 aliphatic heterocycles. The number of benzene rings is 1. The molecule has 3 fully saturated rings.